The Labute approximate surface area is 57.6 Å². The third kappa shape index (κ3) is 1.34. The van der Waals surface area contributed by atoms with Crippen LogP contribution >= 0.6 is 0 Å². The first kappa shape index (κ1) is 5.84. The normalized spacial score (nSPS) is 9.25. The van der Waals surface area contributed by atoms with Crippen molar-refractivity contribution in [1.29, 1.82) is 0 Å². The van der Waals surface area contributed by atoms with Crippen LogP contribution in [-0.2, 0) is 0 Å². The van der Waals surface area contributed by atoms with E-state index in [0.29, 0.717) is 0 Å². The molecule has 0 saturated heterocycles. The summed E-state index contributed by atoms with van der Waals surface area (Å²) >= 11 is 2.48. The number of pyridine rings is 1. The molecule has 1 aromatic rings. The fourth-order valence-corrected chi connectivity index (χ4v) is 1.06. The first-order valence-corrected chi connectivity index (χ1v) is 3.34. The van der Waals surface area contributed by atoms with Crippen molar-refractivity contribution in [2.45, 2.75) is 6.92 Å². The van der Waals surface area contributed by atoms with Crippen molar-refractivity contribution in [2.24, 2.45) is 0 Å². The summed E-state index contributed by atoms with van der Waals surface area (Å²) in [5.74, 6) is 0. The summed E-state index contributed by atoms with van der Waals surface area (Å²) in [7, 11) is 0. The van der Waals surface area contributed by atoms with Gasteiger partial charge in [0.15, 0.2) is 0 Å². The number of hydrogen-bond acceptors (Lipinski definition) is 1. The fourth-order valence-electron chi connectivity index (χ4n) is 0.531. The van der Waals surface area contributed by atoms with Gasteiger partial charge in [0.2, 0.25) is 0 Å². The molecule has 0 N–H and O–H groups in total. The Morgan fingerprint density at radius 2 is 2.38 bits per heavy atom. The van der Waals surface area contributed by atoms with Gasteiger partial charge in [-0.05, 0) is 0 Å². The Morgan fingerprint density at radius 3 is 2.75 bits per heavy atom. The molecule has 1 heterocycles. The quantitative estimate of drug-likeness (QED) is 0.502. The second kappa shape index (κ2) is 2.32. The van der Waals surface area contributed by atoms with Gasteiger partial charge in [-0.25, -0.2) is 0 Å². The van der Waals surface area contributed by atoms with E-state index in [4.69, 9.17) is 0 Å². The van der Waals surface area contributed by atoms with Gasteiger partial charge < -0.3 is 0 Å². The predicted molar refractivity (Wildman–Crippen MR) is 34.4 cm³/mol. The first-order chi connectivity index (χ1) is 3.79. The summed E-state index contributed by atoms with van der Waals surface area (Å²) in [4.78, 5) is 4.03. The van der Waals surface area contributed by atoms with Gasteiger partial charge in [0.25, 0.3) is 0 Å². The Hall–Kier alpha value is -0.292. The van der Waals surface area contributed by atoms with E-state index < -0.39 is 0 Å². The van der Waals surface area contributed by atoms with Crippen LogP contribution < -0.4 is 4.35 Å². The van der Waals surface area contributed by atoms with Crippen LogP contribution in [0, 0.1) is 6.92 Å². The Morgan fingerprint density at radius 1 is 1.62 bits per heavy atom. The molecule has 0 aliphatic rings. The Balaban J connectivity index is 3.08. The Kier molecular flexibility index (Phi) is 1.69. The van der Waals surface area contributed by atoms with E-state index in [2.05, 4.69) is 21.8 Å². The molecule has 2 radical (unpaired) electrons. The monoisotopic (exact) mass is 167 g/mol. The van der Waals surface area contributed by atoms with E-state index in [9.17, 15) is 0 Å². The molecule has 0 unspecified atom stereocenters. The summed E-state index contributed by atoms with van der Waals surface area (Å²) in [6, 6.07) is 3.99. The van der Waals surface area contributed by atoms with Crippen molar-refractivity contribution in [3.63, 3.8) is 0 Å². The van der Waals surface area contributed by atoms with Crippen molar-refractivity contribution < 1.29 is 0 Å². The van der Waals surface area contributed by atoms with Gasteiger partial charge in [0, 0.05) is 0 Å². The van der Waals surface area contributed by atoms with E-state index in [1.165, 1.54) is 4.35 Å². The minimum absolute atomic E-state index is 1.07. The summed E-state index contributed by atoms with van der Waals surface area (Å²) < 4.78 is 1.21. The molecule has 40 valence electrons. The average Bonchev–Trinajstić information content (AvgIpc) is 1.64. The molecule has 0 saturated carbocycles. The van der Waals surface area contributed by atoms with Gasteiger partial charge >= 0.3 is 57.1 Å². The van der Waals surface area contributed by atoms with Gasteiger partial charge in [-0.1, -0.05) is 0 Å². The zero-order valence-corrected chi connectivity index (χ0v) is 6.50. The zero-order chi connectivity index (χ0) is 5.98. The second-order valence-corrected chi connectivity index (χ2v) is 2.74. The van der Waals surface area contributed by atoms with E-state index >= 15 is 0 Å². The third-order valence-electron chi connectivity index (χ3n) is 0.880. The van der Waals surface area contributed by atoms with Gasteiger partial charge in [0.1, 0.15) is 0 Å². The number of nitrogens with zero attached hydrogens (tertiary/aromatic N) is 1. The van der Waals surface area contributed by atoms with Crippen molar-refractivity contribution in [3.05, 3.63) is 24.0 Å². The third-order valence-corrected chi connectivity index (χ3v) is 1.46. The molecule has 2 heteroatoms. The first-order valence-electron chi connectivity index (χ1n) is 2.40. The molecule has 1 nitrogen and oxygen atoms in total. The summed E-state index contributed by atoms with van der Waals surface area (Å²) in [5.41, 5.74) is 1.07. The maximum absolute atomic E-state index is 4.03. The molecule has 1 aromatic heterocycles. The maximum atomic E-state index is 4.03. The van der Waals surface area contributed by atoms with Crippen molar-refractivity contribution in [2.75, 3.05) is 0 Å². The van der Waals surface area contributed by atoms with Crippen LogP contribution in [0.25, 0.3) is 0 Å². The van der Waals surface area contributed by atoms with Crippen LogP contribution in [0.3, 0.4) is 0 Å². The Bertz CT molecular complexity index is 168. The van der Waals surface area contributed by atoms with E-state index in [0.717, 1.165) is 5.69 Å². The molecule has 0 bridgehead atoms. The minimum atomic E-state index is 1.07. The number of aromatic nitrogens is 1. The van der Waals surface area contributed by atoms with Crippen molar-refractivity contribution in [3.8, 4) is 0 Å². The molecule has 0 spiro atoms. The predicted octanol–water partition coefficient (Wildman–Crippen LogP) is 0.184. The average molecular weight is 167 g/mol. The molecule has 8 heavy (non-hydrogen) atoms. The summed E-state index contributed by atoms with van der Waals surface area (Å²) in [5, 5.41) is 0. The molecule has 0 fully saturated rings. The standard InChI is InChI=1S/C6H6AsN/c1-5-4-6(7)2-3-8-5/h2-4H,1H3. The van der Waals surface area contributed by atoms with Crippen molar-refractivity contribution in [1.82, 2.24) is 4.98 Å². The van der Waals surface area contributed by atoms with E-state index in [1.54, 1.807) is 0 Å². The molecule has 0 aliphatic heterocycles. The fraction of sp³-hybridized carbons (Fsp3) is 0.167. The van der Waals surface area contributed by atoms with Crippen LogP contribution in [0.4, 0.5) is 0 Å². The van der Waals surface area contributed by atoms with Gasteiger partial charge in [-0.3, -0.25) is 0 Å². The molecule has 0 aromatic carbocycles. The van der Waals surface area contributed by atoms with E-state index in [1.807, 2.05) is 25.3 Å². The van der Waals surface area contributed by atoms with Gasteiger partial charge in [-0.2, -0.15) is 0 Å². The SMILES string of the molecule is Cc1cc([As])ccn1. The molecule has 0 amide bonds. The molecule has 1 rings (SSSR count). The molecular formula is C6H6AsN. The number of rotatable bonds is 0. The van der Waals surface area contributed by atoms with Gasteiger partial charge in [-0.15, -0.1) is 0 Å². The summed E-state index contributed by atoms with van der Waals surface area (Å²) in [6.45, 7) is 1.98. The molecule has 0 atom stereocenters. The van der Waals surface area contributed by atoms with Crippen LogP contribution in [0.1, 0.15) is 5.69 Å². The number of aryl methyl sites for hydroxylation is 1. The van der Waals surface area contributed by atoms with Crippen LogP contribution in [0.15, 0.2) is 18.3 Å². The zero-order valence-electron chi connectivity index (χ0n) is 4.63. The van der Waals surface area contributed by atoms with Crippen LogP contribution in [0.2, 0.25) is 0 Å². The van der Waals surface area contributed by atoms with Gasteiger partial charge in [0.05, 0.1) is 0 Å². The van der Waals surface area contributed by atoms with E-state index in [-0.39, 0.29) is 0 Å². The number of hydrogen-bond donors (Lipinski definition) is 0. The summed E-state index contributed by atoms with van der Waals surface area (Å²) in [6.07, 6.45) is 1.81. The van der Waals surface area contributed by atoms with Crippen LogP contribution in [0.5, 0.6) is 0 Å². The van der Waals surface area contributed by atoms with Crippen LogP contribution in [-0.4, -0.2) is 21.8 Å². The topological polar surface area (TPSA) is 12.9 Å². The molecule has 0 aliphatic carbocycles. The molecular weight excluding hydrogens is 161 g/mol. The second-order valence-electron chi connectivity index (χ2n) is 1.66. The van der Waals surface area contributed by atoms with Crippen molar-refractivity contribution >= 4 is 21.2 Å².